The summed E-state index contributed by atoms with van der Waals surface area (Å²) in [4.78, 5) is 10.0. The van der Waals surface area contributed by atoms with Gasteiger partial charge in [-0.2, -0.15) is 0 Å². The average molecular weight is 177 g/mol. The zero-order valence-electron chi connectivity index (χ0n) is 5.38. The quantitative estimate of drug-likeness (QED) is 0.600. The van der Waals surface area contributed by atoms with Gasteiger partial charge >= 0.3 is 5.97 Å². The molecule has 1 unspecified atom stereocenters. The average Bonchev–Trinajstić information content (AvgIpc) is 1.61. The Morgan fingerprint density at radius 2 is 2.22 bits per heavy atom. The molecule has 0 amide bonds. The van der Waals surface area contributed by atoms with E-state index >= 15 is 0 Å². The smallest absolute Gasteiger partial charge is 0.302 e. The molecule has 0 heterocycles. The number of aliphatic hydroxyl groups is 1. The normalized spacial score (nSPS) is 11.4. The Hall–Kier alpha value is -0.0635. The largest absolute Gasteiger partial charge is 0.463 e. The van der Waals surface area contributed by atoms with Gasteiger partial charge in [-0.3, -0.25) is 4.79 Å². The molecule has 0 saturated carbocycles. The second-order valence-corrected chi connectivity index (χ2v) is 1.65. The Morgan fingerprint density at radius 1 is 1.78 bits per heavy atom. The monoisotopic (exact) mass is 177 g/mol. The molecule has 0 aromatic rings. The van der Waals surface area contributed by atoms with Crippen molar-refractivity contribution in [1.82, 2.24) is 0 Å². The van der Waals surface area contributed by atoms with Crippen LogP contribution in [0.15, 0.2) is 0 Å². The summed E-state index contributed by atoms with van der Waals surface area (Å²) in [6, 6.07) is 0. The number of esters is 1. The molecule has 0 saturated heterocycles. The first-order chi connectivity index (χ1) is 3.63. The fourth-order valence-corrected chi connectivity index (χ4v) is 0.238. The maximum Gasteiger partial charge on any atom is 0.302 e. The third-order valence-electron chi connectivity index (χ3n) is 0.528. The summed E-state index contributed by atoms with van der Waals surface area (Å²) in [5, 5.41) is 8.52. The third kappa shape index (κ3) is 11.5. The zero-order chi connectivity index (χ0) is 6.57. The van der Waals surface area contributed by atoms with Crippen molar-refractivity contribution in [2.45, 2.75) is 20.0 Å². The van der Waals surface area contributed by atoms with Crippen LogP contribution in [0.5, 0.6) is 0 Å². The standard InChI is InChI=1S/C5H10O3.Co/c1-4(6)3-8-5(2)7;/h4,6H,3H2,1-2H3;. The van der Waals surface area contributed by atoms with Gasteiger partial charge in [0.05, 0.1) is 6.10 Å². The van der Waals surface area contributed by atoms with Crippen molar-refractivity contribution < 1.29 is 31.4 Å². The van der Waals surface area contributed by atoms with E-state index in [-0.39, 0.29) is 29.4 Å². The van der Waals surface area contributed by atoms with Gasteiger partial charge in [-0.25, -0.2) is 0 Å². The summed E-state index contributed by atoms with van der Waals surface area (Å²) in [5.74, 6) is -0.356. The van der Waals surface area contributed by atoms with E-state index in [0.29, 0.717) is 0 Å². The van der Waals surface area contributed by atoms with Gasteiger partial charge in [-0.05, 0) is 6.92 Å². The molecule has 1 N–H and O–H groups in total. The van der Waals surface area contributed by atoms with Crippen molar-refractivity contribution in [1.29, 1.82) is 0 Å². The van der Waals surface area contributed by atoms with E-state index in [1.165, 1.54) is 6.92 Å². The van der Waals surface area contributed by atoms with Gasteiger partial charge in [0.25, 0.3) is 0 Å². The van der Waals surface area contributed by atoms with Gasteiger partial charge in [0.1, 0.15) is 6.61 Å². The molecule has 0 aliphatic rings. The predicted octanol–water partition coefficient (Wildman–Crippen LogP) is -0.0722. The molecule has 9 heavy (non-hydrogen) atoms. The molecule has 0 aliphatic carbocycles. The van der Waals surface area contributed by atoms with Crippen LogP contribution < -0.4 is 0 Å². The fraction of sp³-hybridized carbons (Fsp3) is 0.800. The van der Waals surface area contributed by atoms with Crippen LogP contribution in [0.4, 0.5) is 0 Å². The number of rotatable bonds is 2. The first-order valence-corrected chi connectivity index (χ1v) is 2.44. The molecule has 0 aromatic carbocycles. The first-order valence-electron chi connectivity index (χ1n) is 2.44. The van der Waals surface area contributed by atoms with Gasteiger partial charge in [-0.15, -0.1) is 0 Å². The van der Waals surface area contributed by atoms with Gasteiger partial charge in [0, 0.05) is 23.7 Å². The van der Waals surface area contributed by atoms with Crippen LogP contribution in [0.25, 0.3) is 0 Å². The summed E-state index contributed by atoms with van der Waals surface area (Å²) in [7, 11) is 0. The maximum absolute atomic E-state index is 10.0. The summed E-state index contributed by atoms with van der Waals surface area (Å²) >= 11 is 0. The molecule has 3 nitrogen and oxygen atoms in total. The van der Waals surface area contributed by atoms with E-state index in [9.17, 15) is 4.79 Å². The zero-order valence-corrected chi connectivity index (χ0v) is 6.42. The van der Waals surface area contributed by atoms with Crippen LogP contribution in [-0.4, -0.2) is 23.8 Å². The van der Waals surface area contributed by atoms with Crippen LogP contribution in [0.1, 0.15) is 13.8 Å². The minimum Gasteiger partial charge on any atom is -0.463 e. The number of ether oxygens (including phenoxy) is 1. The van der Waals surface area contributed by atoms with Gasteiger partial charge in [0.2, 0.25) is 0 Å². The van der Waals surface area contributed by atoms with E-state index in [1.54, 1.807) is 6.92 Å². The number of carbonyl (C=O) groups is 1. The third-order valence-corrected chi connectivity index (χ3v) is 0.528. The van der Waals surface area contributed by atoms with Crippen LogP contribution in [0.3, 0.4) is 0 Å². The Balaban J connectivity index is 0. The Kier molecular flexibility index (Phi) is 7.88. The second-order valence-electron chi connectivity index (χ2n) is 1.65. The Labute approximate surface area is 64.6 Å². The van der Waals surface area contributed by atoms with Crippen LogP contribution in [-0.2, 0) is 26.3 Å². The molecule has 0 bridgehead atoms. The minimum absolute atomic E-state index is 0. The molecule has 1 radical (unpaired) electrons. The van der Waals surface area contributed by atoms with E-state index in [0.717, 1.165) is 0 Å². The van der Waals surface area contributed by atoms with E-state index in [2.05, 4.69) is 4.74 Å². The number of hydrogen-bond donors (Lipinski definition) is 1. The van der Waals surface area contributed by atoms with Crippen molar-refractivity contribution in [3.05, 3.63) is 0 Å². The van der Waals surface area contributed by atoms with Crippen molar-refractivity contribution in [3.63, 3.8) is 0 Å². The SMILES string of the molecule is CC(=O)OCC(C)O.[Co]. The van der Waals surface area contributed by atoms with Crippen LogP contribution in [0.2, 0.25) is 0 Å². The van der Waals surface area contributed by atoms with Crippen molar-refractivity contribution >= 4 is 5.97 Å². The summed E-state index contributed by atoms with van der Waals surface area (Å²) < 4.78 is 4.41. The molecule has 57 valence electrons. The van der Waals surface area contributed by atoms with Gasteiger partial charge < -0.3 is 9.84 Å². The number of hydrogen-bond acceptors (Lipinski definition) is 3. The molecular weight excluding hydrogens is 167 g/mol. The van der Waals surface area contributed by atoms with Crippen LogP contribution >= 0.6 is 0 Å². The second kappa shape index (κ2) is 6.06. The fourth-order valence-electron chi connectivity index (χ4n) is 0.238. The van der Waals surface area contributed by atoms with E-state index in [4.69, 9.17) is 5.11 Å². The summed E-state index contributed by atoms with van der Waals surface area (Å²) in [5.41, 5.74) is 0. The molecule has 1 atom stereocenters. The topological polar surface area (TPSA) is 46.5 Å². The summed E-state index contributed by atoms with van der Waals surface area (Å²) in [6.07, 6.45) is -0.557. The van der Waals surface area contributed by atoms with Gasteiger partial charge in [-0.1, -0.05) is 0 Å². The molecule has 0 fully saturated rings. The Morgan fingerprint density at radius 3 is 2.33 bits per heavy atom. The minimum atomic E-state index is -0.557. The molecule has 0 aliphatic heterocycles. The number of carbonyl (C=O) groups excluding carboxylic acids is 1. The molecule has 0 aromatic heterocycles. The molecule has 0 rings (SSSR count). The van der Waals surface area contributed by atoms with Crippen molar-refractivity contribution in [2.24, 2.45) is 0 Å². The molecule has 4 heteroatoms. The van der Waals surface area contributed by atoms with E-state index < -0.39 is 6.10 Å². The first kappa shape index (κ1) is 11.7. The van der Waals surface area contributed by atoms with Gasteiger partial charge in [0.15, 0.2) is 0 Å². The number of aliphatic hydroxyl groups excluding tert-OH is 1. The Bertz CT molecular complexity index is 82.3. The molecular formula is C5H10CoO3. The summed E-state index contributed by atoms with van der Waals surface area (Å²) in [6.45, 7) is 2.96. The van der Waals surface area contributed by atoms with Crippen molar-refractivity contribution in [3.8, 4) is 0 Å². The molecule has 0 spiro atoms. The van der Waals surface area contributed by atoms with Crippen molar-refractivity contribution in [2.75, 3.05) is 6.61 Å². The predicted molar refractivity (Wildman–Crippen MR) is 28.3 cm³/mol. The van der Waals surface area contributed by atoms with E-state index in [1.807, 2.05) is 0 Å². The van der Waals surface area contributed by atoms with Crippen LogP contribution in [0, 0.1) is 0 Å². The maximum atomic E-state index is 10.0.